The minimum Gasteiger partial charge on any atom is -0.493 e. The molecule has 1 atom stereocenters. The molecule has 2 aliphatic rings. The Kier molecular flexibility index (Phi) is 7.51. The first-order valence-corrected chi connectivity index (χ1v) is 12.6. The van der Waals surface area contributed by atoms with Crippen molar-refractivity contribution in [1.29, 1.82) is 0 Å². The number of fused-ring (bicyclic) bond motifs is 1. The number of benzene rings is 1. The number of carbonyl (C=O) groups is 3. The summed E-state index contributed by atoms with van der Waals surface area (Å²) in [6.45, 7) is 6.78. The average Bonchev–Trinajstić information content (AvgIpc) is 3.53. The molecule has 10 heteroatoms. The maximum Gasteiger partial charge on any atom is 0.273 e. The topological polar surface area (TPSA) is 115 Å². The molecule has 36 heavy (non-hydrogen) atoms. The first kappa shape index (κ1) is 25.5. The first-order chi connectivity index (χ1) is 17.3. The second-order valence-corrected chi connectivity index (χ2v) is 9.45. The van der Waals surface area contributed by atoms with Crippen LogP contribution in [0.2, 0.25) is 0 Å². The minimum atomic E-state index is -1.06. The summed E-state index contributed by atoms with van der Waals surface area (Å²) >= 11 is 0. The van der Waals surface area contributed by atoms with E-state index < -0.39 is 11.4 Å². The van der Waals surface area contributed by atoms with Crippen molar-refractivity contribution in [2.75, 3.05) is 20.3 Å². The predicted octanol–water partition coefficient (Wildman–Crippen LogP) is 2.51. The standard InChI is InChI=1S/C26H35N5O5/c1-5-31-24(33)22-21(23(32)27-14-17-11-12-19(35-4)20(13-17)36-6-2)28-16-30(22)15-26(31,3)25(34)29-18-9-7-8-10-18/h11-13,16,18H,5-10,14-15H2,1-4H3,(H,27,32)(H,29,34)/t26-/m0/s1. The zero-order chi connectivity index (χ0) is 25.9. The fraction of sp³-hybridized carbons (Fsp3) is 0.538. The lowest BCUT2D eigenvalue weighted by molar-refractivity contribution is -0.133. The Morgan fingerprint density at radius 1 is 1.19 bits per heavy atom. The number of nitrogens with one attached hydrogen (secondary N) is 2. The normalized spacial score (nSPS) is 19.7. The van der Waals surface area contributed by atoms with E-state index in [1.165, 1.54) is 6.33 Å². The van der Waals surface area contributed by atoms with Crippen LogP contribution in [0.5, 0.6) is 11.5 Å². The number of carbonyl (C=O) groups excluding carboxylic acids is 3. The third kappa shape index (κ3) is 4.76. The first-order valence-electron chi connectivity index (χ1n) is 12.6. The van der Waals surface area contributed by atoms with Gasteiger partial charge in [0.1, 0.15) is 11.2 Å². The number of hydrogen-bond donors (Lipinski definition) is 2. The van der Waals surface area contributed by atoms with Crippen LogP contribution >= 0.6 is 0 Å². The number of rotatable bonds is 9. The summed E-state index contributed by atoms with van der Waals surface area (Å²) < 4.78 is 12.5. The number of amides is 3. The highest BCUT2D eigenvalue weighted by Crippen LogP contribution is 2.30. The van der Waals surface area contributed by atoms with Crippen molar-refractivity contribution in [3.8, 4) is 11.5 Å². The van der Waals surface area contributed by atoms with E-state index in [1.54, 1.807) is 29.6 Å². The van der Waals surface area contributed by atoms with Gasteiger partial charge in [0.2, 0.25) is 5.91 Å². The third-order valence-electron chi connectivity index (χ3n) is 7.05. The van der Waals surface area contributed by atoms with Gasteiger partial charge in [-0.2, -0.15) is 0 Å². The number of likely N-dealkylation sites (N-methyl/N-ethyl adjacent to an activating group) is 1. The molecule has 1 saturated carbocycles. The largest absolute Gasteiger partial charge is 0.493 e. The van der Waals surface area contributed by atoms with Crippen LogP contribution in [-0.4, -0.2) is 64.0 Å². The number of imidazole rings is 1. The Balaban J connectivity index is 1.51. The molecule has 1 aromatic heterocycles. The summed E-state index contributed by atoms with van der Waals surface area (Å²) in [5.41, 5.74) is 0.00748. The van der Waals surface area contributed by atoms with Gasteiger partial charge >= 0.3 is 0 Å². The lowest BCUT2D eigenvalue weighted by atomic mass is 9.94. The Bertz CT molecular complexity index is 1140. The molecule has 1 aromatic carbocycles. The van der Waals surface area contributed by atoms with E-state index >= 15 is 0 Å². The number of nitrogens with zero attached hydrogens (tertiary/aromatic N) is 3. The molecule has 0 bridgehead atoms. The average molecular weight is 498 g/mol. The monoisotopic (exact) mass is 497 g/mol. The van der Waals surface area contributed by atoms with E-state index in [0.717, 1.165) is 31.2 Å². The van der Waals surface area contributed by atoms with E-state index in [9.17, 15) is 14.4 Å². The van der Waals surface area contributed by atoms with E-state index in [-0.39, 0.29) is 42.3 Å². The van der Waals surface area contributed by atoms with Crippen molar-refractivity contribution in [3.05, 3.63) is 41.5 Å². The third-order valence-corrected chi connectivity index (χ3v) is 7.05. The van der Waals surface area contributed by atoms with E-state index in [1.807, 2.05) is 26.0 Å². The lowest BCUT2D eigenvalue weighted by Gasteiger charge is -2.43. The molecule has 0 unspecified atom stereocenters. The quantitative estimate of drug-likeness (QED) is 0.550. The molecular weight excluding hydrogens is 462 g/mol. The van der Waals surface area contributed by atoms with Gasteiger partial charge in [-0.05, 0) is 51.3 Å². The van der Waals surface area contributed by atoms with Crippen LogP contribution in [-0.2, 0) is 17.9 Å². The van der Waals surface area contributed by atoms with Gasteiger partial charge < -0.3 is 29.6 Å². The van der Waals surface area contributed by atoms with Crippen LogP contribution in [0, 0.1) is 0 Å². The van der Waals surface area contributed by atoms with Crippen LogP contribution in [0.15, 0.2) is 24.5 Å². The van der Waals surface area contributed by atoms with Gasteiger partial charge in [-0.15, -0.1) is 0 Å². The predicted molar refractivity (Wildman–Crippen MR) is 133 cm³/mol. The van der Waals surface area contributed by atoms with Crippen molar-refractivity contribution in [2.24, 2.45) is 0 Å². The number of methoxy groups -OCH3 is 1. The van der Waals surface area contributed by atoms with Gasteiger partial charge in [-0.25, -0.2) is 4.98 Å². The van der Waals surface area contributed by atoms with Crippen LogP contribution in [0.3, 0.4) is 0 Å². The highest BCUT2D eigenvalue weighted by atomic mass is 16.5. The molecule has 194 valence electrons. The highest BCUT2D eigenvalue weighted by molar-refractivity contribution is 6.07. The molecule has 2 heterocycles. The molecule has 4 rings (SSSR count). The fourth-order valence-corrected chi connectivity index (χ4v) is 5.12. The van der Waals surface area contributed by atoms with Crippen LogP contribution in [0.25, 0.3) is 0 Å². The molecule has 10 nitrogen and oxygen atoms in total. The van der Waals surface area contributed by atoms with Gasteiger partial charge in [-0.1, -0.05) is 18.9 Å². The van der Waals surface area contributed by atoms with Gasteiger partial charge in [0.05, 0.1) is 26.6 Å². The maximum atomic E-state index is 13.5. The van der Waals surface area contributed by atoms with Gasteiger partial charge in [0.15, 0.2) is 17.2 Å². The molecule has 0 radical (unpaired) electrons. The Hall–Kier alpha value is -3.56. The van der Waals surface area contributed by atoms with Gasteiger partial charge in [-0.3, -0.25) is 14.4 Å². The molecule has 1 fully saturated rings. The van der Waals surface area contributed by atoms with Gasteiger partial charge in [0.25, 0.3) is 11.8 Å². The Morgan fingerprint density at radius 2 is 1.94 bits per heavy atom. The summed E-state index contributed by atoms with van der Waals surface area (Å²) in [6.07, 6.45) is 5.60. The van der Waals surface area contributed by atoms with Crippen molar-refractivity contribution in [2.45, 2.75) is 71.1 Å². The molecule has 3 amide bonds. The van der Waals surface area contributed by atoms with E-state index in [2.05, 4.69) is 15.6 Å². The molecule has 2 N–H and O–H groups in total. The number of hydrogen-bond acceptors (Lipinski definition) is 6. The summed E-state index contributed by atoms with van der Waals surface area (Å²) in [4.78, 5) is 45.7. The maximum absolute atomic E-state index is 13.5. The summed E-state index contributed by atoms with van der Waals surface area (Å²) in [7, 11) is 1.57. The summed E-state index contributed by atoms with van der Waals surface area (Å²) in [5, 5.41) is 5.97. The van der Waals surface area contributed by atoms with Crippen molar-refractivity contribution < 1.29 is 23.9 Å². The summed E-state index contributed by atoms with van der Waals surface area (Å²) in [6, 6.07) is 5.58. The Morgan fingerprint density at radius 3 is 2.61 bits per heavy atom. The second-order valence-electron chi connectivity index (χ2n) is 9.45. The van der Waals surface area contributed by atoms with E-state index in [4.69, 9.17) is 9.47 Å². The van der Waals surface area contributed by atoms with Crippen molar-refractivity contribution >= 4 is 17.7 Å². The molecule has 0 spiro atoms. The zero-order valence-corrected chi connectivity index (χ0v) is 21.4. The summed E-state index contributed by atoms with van der Waals surface area (Å²) in [5.74, 6) is 0.203. The zero-order valence-electron chi connectivity index (χ0n) is 21.4. The number of aromatic nitrogens is 2. The SMILES string of the molecule is CCOc1cc(CNC(=O)c2ncn3c2C(=O)N(CC)[C@](C)(C(=O)NC2CCCC2)C3)ccc1OC. The Labute approximate surface area is 211 Å². The van der Waals surface area contributed by atoms with Crippen LogP contribution in [0.1, 0.15) is 73.0 Å². The molecule has 0 saturated heterocycles. The van der Waals surface area contributed by atoms with Crippen LogP contribution < -0.4 is 20.1 Å². The molecule has 2 aromatic rings. The smallest absolute Gasteiger partial charge is 0.273 e. The molecular formula is C26H35N5O5. The lowest BCUT2D eigenvalue weighted by Crippen LogP contribution is -2.64. The van der Waals surface area contributed by atoms with Crippen molar-refractivity contribution in [1.82, 2.24) is 25.1 Å². The van der Waals surface area contributed by atoms with Gasteiger partial charge in [0, 0.05) is 19.1 Å². The second kappa shape index (κ2) is 10.6. The highest BCUT2D eigenvalue weighted by Gasteiger charge is 2.48. The number of ether oxygens (including phenoxy) is 2. The van der Waals surface area contributed by atoms with Crippen molar-refractivity contribution in [3.63, 3.8) is 0 Å². The van der Waals surface area contributed by atoms with Crippen LogP contribution in [0.4, 0.5) is 0 Å². The molecule has 1 aliphatic carbocycles. The fourth-order valence-electron chi connectivity index (χ4n) is 5.12. The van der Waals surface area contributed by atoms with E-state index in [0.29, 0.717) is 24.7 Å². The molecule has 1 aliphatic heterocycles. The minimum absolute atomic E-state index is 0.0512.